The Kier molecular flexibility index (Phi) is 9.76. The topological polar surface area (TPSA) is 83.3 Å². The van der Waals surface area contributed by atoms with E-state index in [9.17, 15) is 13.6 Å². The van der Waals surface area contributed by atoms with Crippen LogP contribution in [0.4, 0.5) is 8.78 Å². The Labute approximate surface area is 231 Å². The van der Waals surface area contributed by atoms with Crippen molar-refractivity contribution in [2.24, 2.45) is 5.92 Å². The molecule has 39 heavy (non-hydrogen) atoms. The molecule has 0 spiro atoms. The number of carbonyl (C=O) groups excluding carboxylic acids is 1. The largest absolute Gasteiger partial charge is 0.349 e. The monoisotopic (exact) mass is 539 g/mol. The van der Waals surface area contributed by atoms with E-state index in [1.165, 1.54) is 0 Å². The molecule has 6 nitrogen and oxygen atoms in total. The second-order valence-electron chi connectivity index (χ2n) is 11.6. The van der Waals surface area contributed by atoms with E-state index in [0.717, 1.165) is 50.6 Å². The van der Waals surface area contributed by atoms with Crippen molar-refractivity contribution in [2.45, 2.75) is 114 Å². The maximum absolute atomic E-state index is 13.6. The molecule has 3 atom stereocenters. The average Bonchev–Trinajstić information content (AvgIpc) is 3.14. The van der Waals surface area contributed by atoms with E-state index in [0.29, 0.717) is 36.6 Å². The Hall–Kier alpha value is -2.79. The fourth-order valence-corrected chi connectivity index (χ4v) is 6.87. The van der Waals surface area contributed by atoms with Crippen LogP contribution in [0.3, 0.4) is 0 Å². The molecule has 2 saturated heterocycles. The summed E-state index contributed by atoms with van der Waals surface area (Å²) in [7, 11) is 0. The van der Waals surface area contributed by atoms with Crippen molar-refractivity contribution in [3.8, 4) is 12.3 Å². The van der Waals surface area contributed by atoms with Crippen LogP contribution in [0, 0.1) is 29.1 Å². The molecule has 3 N–H and O–H groups in total. The third-order valence-electron chi connectivity index (χ3n) is 8.89. The molecule has 4 rings (SSSR count). The highest BCUT2D eigenvalue weighted by Crippen LogP contribution is 2.39. The van der Waals surface area contributed by atoms with Crippen molar-refractivity contribution < 1.29 is 13.6 Å². The van der Waals surface area contributed by atoms with Crippen LogP contribution in [0.5, 0.6) is 0 Å². The molecule has 2 aliphatic heterocycles. The number of benzene rings is 1. The highest BCUT2D eigenvalue weighted by atomic mass is 19.3. The molecule has 212 valence electrons. The lowest BCUT2D eigenvalue weighted by Gasteiger charge is -2.44. The molecule has 2 heterocycles. The first kappa shape index (κ1) is 29.2. The molecule has 2 unspecified atom stereocenters. The fraction of sp³-hybridized carbons (Fsp3) is 0.645. The van der Waals surface area contributed by atoms with Gasteiger partial charge in [0.05, 0.1) is 11.9 Å². The first-order valence-corrected chi connectivity index (χ1v) is 14.5. The van der Waals surface area contributed by atoms with Gasteiger partial charge in [-0.1, -0.05) is 30.3 Å². The summed E-state index contributed by atoms with van der Waals surface area (Å²) in [6, 6.07) is 10.7. The smallest absolute Gasteiger partial charge is 0.248 e. The Balaban J connectivity index is 1.38. The quantitative estimate of drug-likeness (QED) is 0.145. The SMILES string of the molecule is C#CCCCC(=N)N(C(C)=N)C1CC2CCC(C1)N2CC[C@H](NC(=O)C1CCC(F)(F)CC1)c1ccccc1. The van der Waals surface area contributed by atoms with E-state index in [4.69, 9.17) is 17.2 Å². The van der Waals surface area contributed by atoms with E-state index >= 15 is 0 Å². The molecule has 8 heteroatoms. The number of halogens is 2. The first-order chi connectivity index (χ1) is 18.7. The lowest BCUT2D eigenvalue weighted by molar-refractivity contribution is -0.130. The zero-order valence-electron chi connectivity index (χ0n) is 23.1. The number of hydrogen-bond donors (Lipinski definition) is 3. The minimum atomic E-state index is -2.65. The zero-order valence-corrected chi connectivity index (χ0v) is 23.1. The van der Waals surface area contributed by atoms with Crippen LogP contribution in [0.15, 0.2) is 30.3 Å². The summed E-state index contributed by atoms with van der Waals surface area (Å²) < 4.78 is 27.3. The maximum Gasteiger partial charge on any atom is 0.248 e. The number of nitrogens with one attached hydrogen (secondary N) is 3. The van der Waals surface area contributed by atoms with E-state index < -0.39 is 5.92 Å². The van der Waals surface area contributed by atoms with Crippen molar-refractivity contribution >= 4 is 17.6 Å². The van der Waals surface area contributed by atoms with Crippen molar-refractivity contribution in [1.82, 2.24) is 15.1 Å². The molecule has 0 radical (unpaired) electrons. The number of fused-ring (bicyclic) bond motifs is 2. The van der Waals surface area contributed by atoms with Crippen LogP contribution >= 0.6 is 0 Å². The van der Waals surface area contributed by atoms with Crippen LogP contribution in [0.25, 0.3) is 0 Å². The van der Waals surface area contributed by atoms with E-state index in [1.807, 2.05) is 35.2 Å². The summed E-state index contributed by atoms with van der Waals surface area (Å²) in [5, 5.41) is 20.2. The van der Waals surface area contributed by atoms with Crippen molar-refractivity contribution in [2.75, 3.05) is 6.54 Å². The minimum Gasteiger partial charge on any atom is -0.349 e. The Bertz CT molecular complexity index is 1030. The maximum atomic E-state index is 13.6. The number of unbranched alkanes of at least 4 members (excludes halogenated alkanes) is 1. The summed E-state index contributed by atoms with van der Waals surface area (Å²) in [4.78, 5) is 17.6. The van der Waals surface area contributed by atoms with Crippen LogP contribution in [0.1, 0.15) is 95.6 Å². The molecule has 1 aliphatic carbocycles. The number of terminal acetylenes is 1. The van der Waals surface area contributed by atoms with Crippen LogP contribution < -0.4 is 5.32 Å². The number of hydrogen-bond acceptors (Lipinski definition) is 4. The van der Waals surface area contributed by atoms with Crippen molar-refractivity contribution in [3.05, 3.63) is 35.9 Å². The van der Waals surface area contributed by atoms with Crippen LogP contribution in [-0.2, 0) is 4.79 Å². The van der Waals surface area contributed by atoms with Gasteiger partial charge < -0.3 is 10.2 Å². The summed E-state index contributed by atoms with van der Waals surface area (Å²) in [5.74, 6) is 0.440. The van der Waals surface area contributed by atoms with Crippen molar-refractivity contribution in [3.63, 3.8) is 0 Å². The van der Waals surface area contributed by atoms with E-state index in [2.05, 4.69) is 16.1 Å². The van der Waals surface area contributed by atoms with Crippen LogP contribution in [0.2, 0.25) is 0 Å². The molecule has 0 aromatic heterocycles. The molecule has 1 aromatic carbocycles. The number of alkyl halides is 2. The second-order valence-corrected chi connectivity index (χ2v) is 11.6. The number of nitrogens with zero attached hydrogens (tertiary/aromatic N) is 2. The van der Waals surface area contributed by atoms with Gasteiger partial charge in [0.1, 0.15) is 5.84 Å². The normalized spacial score (nSPS) is 25.4. The molecule has 3 aliphatic rings. The molecule has 1 amide bonds. The lowest BCUT2D eigenvalue weighted by atomic mass is 9.86. The minimum absolute atomic E-state index is 0.110. The third kappa shape index (κ3) is 7.45. The van der Waals surface area contributed by atoms with Gasteiger partial charge in [0.25, 0.3) is 0 Å². The number of piperidine rings is 1. The second kappa shape index (κ2) is 13.0. The Morgan fingerprint density at radius 1 is 1.15 bits per heavy atom. The fourth-order valence-electron chi connectivity index (χ4n) is 6.87. The molecule has 1 saturated carbocycles. The van der Waals surface area contributed by atoms with E-state index in [-0.39, 0.29) is 49.6 Å². The summed E-state index contributed by atoms with van der Waals surface area (Å²) in [6.07, 6.45) is 12.2. The predicted molar refractivity (Wildman–Crippen MR) is 151 cm³/mol. The standard InChI is InChI=1S/C31H43F2N5O/c1-3-4-6-11-29(35)38(22(2)34)27-20-25-12-13-26(21-27)37(25)19-16-28(23-9-7-5-8-10-23)36-30(39)24-14-17-31(32,33)18-15-24/h1,5,7-10,24-28,34-35H,4,6,11-21H2,2H3,(H,36,39)/t25?,26?,27?,28-/m0/s1. The van der Waals surface area contributed by atoms with E-state index in [1.54, 1.807) is 6.92 Å². The highest BCUT2D eigenvalue weighted by Gasteiger charge is 2.43. The van der Waals surface area contributed by atoms with Gasteiger partial charge in [0.2, 0.25) is 11.8 Å². The van der Waals surface area contributed by atoms with Gasteiger partial charge in [-0.05, 0) is 63.9 Å². The summed E-state index contributed by atoms with van der Waals surface area (Å²) in [5.41, 5.74) is 1.04. The summed E-state index contributed by atoms with van der Waals surface area (Å²) in [6.45, 7) is 2.61. The number of carbonyl (C=O) groups is 1. The predicted octanol–water partition coefficient (Wildman–Crippen LogP) is 6.13. The molecular formula is C31H43F2N5O. The molecular weight excluding hydrogens is 496 g/mol. The van der Waals surface area contributed by atoms with Crippen molar-refractivity contribution in [1.29, 1.82) is 10.8 Å². The highest BCUT2D eigenvalue weighted by molar-refractivity contribution is 5.97. The molecule has 3 fully saturated rings. The van der Waals surface area contributed by atoms with Gasteiger partial charge in [-0.2, -0.15) is 0 Å². The Morgan fingerprint density at radius 3 is 2.38 bits per heavy atom. The van der Waals surface area contributed by atoms with Gasteiger partial charge >= 0.3 is 0 Å². The lowest BCUT2D eigenvalue weighted by Crippen LogP contribution is -2.53. The van der Waals surface area contributed by atoms with Gasteiger partial charge in [0, 0.05) is 56.3 Å². The number of amides is 1. The first-order valence-electron chi connectivity index (χ1n) is 14.5. The molecule has 1 aromatic rings. The summed E-state index contributed by atoms with van der Waals surface area (Å²) >= 11 is 0. The zero-order chi connectivity index (χ0) is 28.0. The average molecular weight is 540 g/mol. The van der Waals surface area contributed by atoms with Gasteiger partial charge in [-0.15, -0.1) is 12.3 Å². The van der Waals surface area contributed by atoms with Gasteiger partial charge in [0.15, 0.2) is 0 Å². The van der Waals surface area contributed by atoms with Crippen LogP contribution in [-0.4, -0.2) is 58.0 Å². The number of amidine groups is 2. The van der Waals surface area contributed by atoms with Gasteiger partial charge in [-0.3, -0.25) is 20.5 Å². The number of rotatable bonds is 10. The third-order valence-corrected chi connectivity index (χ3v) is 8.89. The molecule has 2 bridgehead atoms. The van der Waals surface area contributed by atoms with Gasteiger partial charge in [-0.25, -0.2) is 8.78 Å². The Morgan fingerprint density at radius 2 is 1.79 bits per heavy atom.